The Bertz CT molecular complexity index is 949. The number of carbonyl (C=O) groups excluding carboxylic acids is 3. The molecule has 2 N–H and O–H groups in total. The zero-order valence-corrected chi connectivity index (χ0v) is 17.2. The van der Waals surface area contributed by atoms with Gasteiger partial charge in [0.15, 0.2) is 0 Å². The van der Waals surface area contributed by atoms with Crippen molar-refractivity contribution in [3.63, 3.8) is 0 Å². The van der Waals surface area contributed by atoms with Gasteiger partial charge in [-0.25, -0.2) is 4.79 Å². The number of urea groups is 1. The third-order valence-electron chi connectivity index (χ3n) is 4.94. The number of hydrogen-bond donors (Lipinski definition) is 2. The van der Waals surface area contributed by atoms with Crippen LogP contribution in [0.1, 0.15) is 27.1 Å². The maximum absolute atomic E-state index is 12.6. The number of alkyl halides is 3. The van der Waals surface area contributed by atoms with Gasteiger partial charge in [0.1, 0.15) is 6.54 Å². The minimum atomic E-state index is -4.49. The predicted molar refractivity (Wildman–Crippen MR) is 112 cm³/mol. The lowest BCUT2D eigenvalue weighted by Gasteiger charge is -2.22. The zero-order chi connectivity index (χ0) is 23.1. The zero-order valence-electron chi connectivity index (χ0n) is 17.2. The van der Waals surface area contributed by atoms with Gasteiger partial charge in [-0.15, -0.1) is 0 Å². The van der Waals surface area contributed by atoms with Crippen molar-refractivity contribution in [2.75, 3.05) is 38.0 Å². The van der Waals surface area contributed by atoms with Gasteiger partial charge in [-0.1, -0.05) is 18.2 Å². The number of rotatable bonds is 4. The average molecular weight is 448 g/mol. The molecule has 0 saturated carbocycles. The van der Waals surface area contributed by atoms with Gasteiger partial charge in [0.05, 0.1) is 0 Å². The first kappa shape index (κ1) is 23.1. The average Bonchev–Trinajstić information content (AvgIpc) is 3.04. The van der Waals surface area contributed by atoms with E-state index in [1.807, 2.05) is 6.07 Å². The summed E-state index contributed by atoms with van der Waals surface area (Å²) in [7, 11) is 0. The molecule has 170 valence electrons. The second-order valence-corrected chi connectivity index (χ2v) is 7.30. The van der Waals surface area contributed by atoms with Crippen LogP contribution in [0.15, 0.2) is 54.6 Å². The molecule has 1 heterocycles. The van der Waals surface area contributed by atoms with Gasteiger partial charge in [-0.05, 0) is 42.8 Å². The van der Waals surface area contributed by atoms with Crippen LogP contribution in [0.5, 0.6) is 0 Å². The van der Waals surface area contributed by atoms with Crippen LogP contribution in [0.25, 0.3) is 0 Å². The Morgan fingerprint density at radius 1 is 0.812 bits per heavy atom. The smallest absolute Gasteiger partial charge is 0.343 e. The summed E-state index contributed by atoms with van der Waals surface area (Å²) in [6.45, 7) is 0.368. The van der Waals surface area contributed by atoms with Gasteiger partial charge in [0.2, 0.25) is 0 Å². The highest BCUT2D eigenvalue weighted by Gasteiger charge is 2.28. The van der Waals surface area contributed by atoms with E-state index in [0.29, 0.717) is 43.9 Å². The number of amides is 4. The predicted octanol–water partition coefficient (Wildman–Crippen LogP) is 3.36. The maximum atomic E-state index is 12.6. The lowest BCUT2D eigenvalue weighted by atomic mass is 10.2. The van der Waals surface area contributed by atoms with Crippen molar-refractivity contribution < 1.29 is 27.6 Å². The van der Waals surface area contributed by atoms with Crippen molar-refractivity contribution in [1.29, 1.82) is 0 Å². The molecule has 1 aliphatic heterocycles. The summed E-state index contributed by atoms with van der Waals surface area (Å²) in [6, 6.07) is 14.2. The van der Waals surface area contributed by atoms with Gasteiger partial charge in [-0.2, -0.15) is 13.2 Å². The van der Waals surface area contributed by atoms with Gasteiger partial charge < -0.3 is 20.4 Å². The number of nitrogens with one attached hydrogen (secondary N) is 2. The first-order chi connectivity index (χ1) is 15.2. The summed E-state index contributed by atoms with van der Waals surface area (Å²) in [5.41, 5.74) is 1.06. The molecule has 0 bridgehead atoms. The van der Waals surface area contributed by atoms with Crippen molar-refractivity contribution in [3.05, 3.63) is 65.7 Å². The molecule has 3 rings (SSSR count). The molecule has 1 saturated heterocycles. The van der Waals surface area contributed by atoms with Gasteiger partial charge >= 0.3 is 12.2 Å². The Balaban J connectivity index is 1.52. The number of hydrogen-bond acceptors (Lipinski definition) is 3. The van der Waals surface area contributed by atoms with Crippen molar-refractivity contribution in [2.45, 2.75) is 12.6 Å². The SMILES string of the molecule is O=C(NCC(F)(F)F)c1ccc(NC(=O)N2CCCN(C(=O)c3ccccc3)CC2)cc1. The largest absolute Gasteiger partial charge is 0.405 e. The molecule has 7 nitrogen and oxygen atoms in total. The molecule has 32 heavy (non-hydrogen) atoms. The van der Waals surface area contributed by atoms with Gasteiger partial charge in [0.25, 0.3) is 11.8 Å². The molecule has 4 amide bonds. The molecular formula is C22H23F3N4O3. The third-order valence-corrected chi connectivity index (χ3v) is 4.94. The van der Waals surface area contributed by atoms with E-state index in [1.54, 1.807) is 39.4 Å². The van der Waals surface area contributed by atoms with Gasteiger partial charge in [-0.3, -0.25) is 9.59 Å². The highest BCUT2D eigenvalue weighted by atomic mass is 19.4. The maximum Gasteiger partial charge on any atom is 0.405 e. The van der Waals surface area contributed by atoms with E-state index in [9.17, 15) is 27.6 Å². The van der Waals surface area contributed by atoms with Crippen LogP contribution >= 0.6 is 0 Å². The van der Waals surface area contributed by atoms with E-state index in [1.165, 1.54) is 24.3 Å². The highest BCUT2D eigenvalue weighted by molar-refractivity contribution is 5.96. The summed E-state index contributed by atoms with van der Waals surface area (Å²) in [4.78, 5) is 40.3. The Morgan fingerprint density at radius 3 is 2.09 bits per heavy atom. The Labute approximate surface area is 183 Å². The highest BCUT2D eigenvalue weighted by Crippen LogP contribution is 2.15. The second-order valence-electron chi connectivity index (χ2n) is 7.30. The quantitative estimate of drug-likeness (QED) is 0.753. The van der Waals surface area contributed by atoms with Crippen molar-refractivity contribution in [3.8, 4) is 0 Å². The van der Waals surface area contributed by atoms with Crippen LogP contribution in [0, 0.1) is 0 Å². The summed E-state index contributed by atoms with van der Waals surface area (Å²) in [5, 5.41) is 4.50. The fraction of sp³-hybridized carbons (Fsp3) is 0.318. The molecule has 1 aliphatic rings. The van der Waals surface area contributed by atoms with Crippen LogP contribution in [0.2, 0.25) is 0 Å². The molecule has 0 radical (unpaired) electrons. The van der Waals surface area contributed by atoms with Gasteiger partial charge in [0, 0.05) is 43.0 Å². The topological polar surface area (TPSA) is 81.8 Å². The van der Waals surface area contributed by atoms with Crippen molar-refractivity contribution in [2.24, 2.45) is 0 Å². The van der Waals surface area contributed by atoms with E-state index in [-0.39, 0.29) is 17.5 Å². The molecule has 2 aromatic carbocycles. The first-order valence-electron chi connectivity index (χ1n) is 10.1. The minimum absolute atomic E-state index is 0.0529. The van der Waals surface area contributed by atoms with E-state index >= 15 is 0 Å². The van der Waals surface area contributed by atoms with E-state index < -0.39 is 18.6 Å². The molecule has 10 heteroatoms. The molecule has 0 unspecified atom stereocenters. The van der Waals surface area contributed by atoms with Crippen LogP contribution in [0.4, 0.5) is 23.7 Å². The first-order valence-corrected chi connectivity index (χ1v) is 10.1. The number of anilines is 1. The Kier molecular flexibility index (Phi) is 7.34. The monoisotopic (exact) mass is 448 g/mol. The van der Waals surface area contributed by atoms with E-state index in [2.05, 4.69) is 5.32 Å². The molecule has 0 spiro atoms. The summed E-state index contributed by atoms with van der Waals surface area (Å²) < 4.78 is 36.6. The van der Waals surface area contributed by atoms with E-state index in [0.717, 1.165) is 0 Å². The van der Waals surface area contributed by atoms with Crippen LogP contribution in [-0.2, 0) is 0 Å². The number of nitrogens with zero attached hydrogens (tertiary/aromatic N) is 2. The molecule has 0 atom stereocenters. The summed E-state index contributed by atoms with van der Waals surface area (Å²) >= 11 is 0. The lowest BCUT2D eigenvalue weighted by Crippen LogP contribution is -2.39. The van der Waals surface area contributed by atoms with E-state index in [4.69, 9.17) is 0 Å². The second kappa shape index (κ2) is 10.2. The molecule has 0 aromatic heterocycles. The number of halogens is 3. The third kappa shape index (κ3) is 6.47. The molecule has 0 aliphatic carbocycles. The molecule has 2 aromatic rings. The molecular weight excluding hydrogens is 425 g/mol. The fourth-order valence-corrected chi connectivity index (χ4v) is 3.28. The lowest BCUT2D eigenvalue weighted by molar-refractivity contribution is -0.123. The minimum Gasteiger partial charge on any atom is -0.343 e. The van der Waals surface area contributed by atoms with Crippen LogP contribution in [-0.4, -0.2) is 66.5 Å². The van der Waals surface area contributed by atoms with Crippen LogP contribution < -0.4 is 10.6 Å². The number of carbonyl (C=O) groups is 3. The normalized spacial score (nSPS) is 14.5. The summed E-state index contributed by atoms with van der Waals surface area (Å²) in [5.74, 6) is -0.928. The number of benzene rings is 2. The summed E-state index contributed by atoms with van der Waals surface area (Å²) in [6.07, 6.45) is -3.86. The Hall–Kier alpha value is -3.56. The molecule has 1 fully saturated rings. The fourth-order valence-electron chi connectivity index (χ4n) is 3.28. The van der Waals surface area contributed by atoms with Crippen molar-refractivity contribution in [1.82, 2.24) is 15.1 Å². The standard InChI is InChI=1S/C22H23F3N4O3/c23-22(24,25)15-26-19(30)16-7-9-18(10-8-16)27-21(32)29-12-4-11-28(13-14-29)20(31)17-5-2-1-3-6-17/h1-3,5-10H,4,11-15H2,(H,26,30)(H,27,32). The van der Waals surface area contributed by atoms with Crippen LogP contribution in [0.3, 0.4) is 0 Å². The van der Waals surface area contributed by atoms with Crippen molar-refractivity contribution >= 4 is 23.5 Å². The Morgan fingerprint density at radius 2 is 1.44 bits per heavy atom.